The Balaban J connectivity index is 1.65. The van der Waals surface area contributed by atoms with E-state index in [0.29, 0.717) is 16.8 Å². The number of aromatic nitrogens is 1. The fourth-order valence-electron chi connectivity index (χ4n) is 2.25. The van der Waals surface area contributed by atoms with Crippen LogP contribution in [0.15, 0.2) is 60.8 Å². The summed E-state index contributed by atoms with van der Waals surface area (Å²) in [6.45, 7) is 0.139. The predicted octanol–water partition coefficient (Wildman–Crippen LogP) is 2.63. The van der Waals surface area contributed by atoms with Gasteiger partial charge in [-0.25, -0.2) is 4.39 Å². The largest absolute Gasteiger partial charge is 0.344 e. The molecule has 3 aromatic rings. The molecule has 0 aliphatic carbocycles. The smallest absolute Gasteiger partial charge is 0.313 e. The van der Waals surface area contributed by atoms with Crippen LogP contribution >= 0.6 is 0 Å². The maximum Gasteiger partial charge on any atom is 0.313 e. The topological polar surface area (TPSA) is 71.1 Å². The van der Waals surface area contributed by atoms with Gasteiger partial charge in [-0.3, -0.25) is 14.6 Å². The van der Waals surface area contributed by atoms with Gasteiger partial charge in [-0.2, -0.15) is 0 Å². The van der Waals surface area contributed by atoms with Crippen LogP contribution in [0, 0.1) is 5.82 Å². The van der Waals surface area contributed by atoms with Crippen LogP contribution < -0.4 is 10.6 Å². The first kappa shape index (κ1) is 15.6. The number of hydrogen-bond acceptors (Lipinski definition) is 3. The van der Waals surface area contributed by atoms with E-state index < -0.39 is 11.8 Å². The zero-order chi connectivity index (χ0) is 16.9. The zero-order valence-electron chi connectivity index (χ0n) is 12.6. The highest BCUT2D eigenvalue weighted by Crippen LogP contribution is 2.20. The monoisotopic (exact) mass is 323 g/mol. The molecule has 2 N–H and O–H groups in total. The first-order valence-electron chi connectivity index (χ1n) is 7.31. The van der Waals surface area contributed by atoms with Crippen molar-refractivity contribution in [3.63, 3.8) is 0 Å². The molecule has 24 heavy (non-hydrogen) atoms. The molecule has 5 nitrogen and oxygen atoms in total. The number of rotatable bonds is 3. The van der Waals surface area contributed by atoms with E-state index in [1.54, 1.807) is 36.5 Å². The minimum Gasteiger partial charge on any atom is -0.344 e. The Kier molecular flexibility index (Phi) is 4.47. The van der Waals surface area contributed by atoms with Crippen molar-refractivity contribution in [3.8, 4) is 0 Å². The Morgan fingerprint density at radius 1 is 0.958 bits per heavy atom. The molecule has 0 unspecified atom stereocenters. The maximum absolute atomic E-state index is 12.8. The van der Waals surface area contributed by atoms with Gasteiger partial charge in [0.05, 0.1) is 11.2 Å². The molecule has 120 valence electrons. The zero-order valence-corrected chi connectivity index (χ0v) is 12.6. The highest BCUT2D eigenvalue weighted by Gasteiger charge is 2.14. The van der Waals surface area contributed by atoms with Crippen LogP contribution in [0.25, 0.3) is 10.9 Å². The van der Waals surface area contributed by atoms with E-state index in [2.05, 4.69) is 15.6 Å². The van der Waals surface area contributed by atoms with Crippen molar-refractivity contribution >= 4 is 28.4 Å². The van der Waals surface area contributed by atoms with Gasteiger partial charge in [0.15, 0.2) is 0 Å². The Hall–Kier alpha value is -3.28. The van der Waals surface area contributed by atoms with Gasteiger partial charge < -0.3 is 10.6 Å². The summed E-state index contributed by atoms with van der Waals surface area (Å²) in [4.78, 5) is 28.1. The van der Waals surface area contributed by atoms with E-state index in [0.717, 1.165) is 5.39 Å². The summed E-state index contributed by atoms with van der Waals surface area (Å²) >= 11 is 0. The lowest BCUT2D eigenvalue weighted by atomic mass is 10.2. The number of halogens is 1. The first-order chi connectivity index (χ1) is 11.6. The number of amides is 2. The Morgan fingerprint density at radius 2 is 1.71 bits per heavy atom. The van der Waals surface area contributed by atoms with Crippen molar-refractivity contribution in [3.05, 3.63) is 72.2 Å². The van der Waals surface area contributed by atoms with Crippen LogP contribution in [0.5, 0.6) is 0 Å². The Labute approximate surface area is 137 Å². The number of nitrogens with one attached hydrogen (secondary N) is 2. The number of anilines is 1. The van der Waals surface area contributed by atoms with Crippen molar-refractivity contribution in [1.82, 2.24) is 10.3 Å². The van der Waals surface area contributed by atoms with E-state index in [1.807, 2.05) is 12.1 Å². The molecule has 1 aromatic heterocycles. The van der Waals surface area contributed by atoms with Crippen LogP contribution in [0.4, 0.5) is 10.1 Å². The third-order valence-electron chi connectivity index (χ3n) is 3.45. The van der Waals surface area contributed by atoms with Crippen LogP contribution in [0.3, 0.4) is 0 Å². The fraction of sp³-hybridized carbons (Fsp3) is 0.0556. The van der Waals surface area contributed by atoms with Crippen molar-refractivity contribution in [2.75, 3.05) is 5.32 Å². The molecule has 0 bridgehead atoms. The van der Waals surface area contributed by atoms with Gasteiger partial charge in [0.25, 0.3) is 0 Å². The third-order valence-corrected chi connectivity index (χ3v) is 3.45. The number of nitrogens with zero attached hydrogens (tertiary/aromatic N) is 1. The second-order valence-corrected chi connectivity index (χ2v) is 5.14. The number of carbonyl (C=O) groups excluding carboxylic acids is 2. The van der Waals surface area contributed by atoms with E-state index in [1.165, 1.54) is 12.1 Å². The van der Waals surface area contributed by atoms with Gasteiger partial charge in [-0.1, -0.05) is 30.3 Å². The summed E-state index contributed by atoms with van der Waals surface area (Å²) in [6, 6.07) is 14.7. The molecule has 0 saturated carbocycles. The summed E-state index contributed by atoms with van der Waals surface area (Å²) < 4.78 is 12.8. The van der Waals surface area contributed by atoms with Crippen LogP contribution in [0.1, 0.15) is 5.56 Å². The van der Waals surface area contributed by atoms with Gasteiger partial charge in [0.2, 0.25) is 0 Å². The molecule has 0 radical (unpaired) electrons. The molecule has 0 aliphatic rings. The lowest BCUT2D eigenvalue weighted by Gasteiger charge is -2.08. The van der Waals surface area contributed by atoms with Crippen molar-refractivity contribution in [2.24, 2.45) is 0 Å². The number of pyridine rings is 1. The number of carbonyl (C=O) groups is 2. The predicted molar refractivity (Wildman–Crippen MR) is 88.6 cm³/mol. The number of para-hydroxylation sites is 1. The van der Waals surface area contributed by atoms with Crippen LogP contribution in [0.2, 0.25) is 0 Å². The number of fused-ring (bicyclic) bond motifs is 1. The van der Waals surface area contributed by atoms with E-state index in [9.17, 15) is 14.0 Å². The molecule has 0 fully saturated rings. The standard InChI is InChI=1S/C18H14FN3O2/c19-14-8-6-12(7-9-14)11-21-17(23)18(24)22-15-5-1-3-13-4-2-10-20-16(13)15/h1-10H,11H2,(H,21,23)(H,22,24). The van der Waals surface area contributed by atoms with E-state index >= 15 is 0 Å². The van der Waals surface area contributed by atoms with Crippen LogP contribution in [-0.2, 0) is 16.1 Å². The summed E-state index contributed by atoms with van der Waals surface area (Å²) in [5, 5.41) is 5.91. The van der Waals surface area contributed by atoms with Crippen molar-refractivity contribution in [2.45, 2.75) is 6.54 Å². The number of benzene rings is 2. The second kappa shape index (κ2) is 6.87. The fourth-order valence-corrected chi connectivity index (χ4v) is 2.25. The van der Waals surface area contributed by atoms with Gasteiger partial charge >= 0.3 is 11.8 Å². The average Bonchev–Trinajstić information content (AvgIpc) is 2.61. The molecule has 1 heterocycles. The van der Waals surface area contributed by atoms with Crippen LogP contribution in [-0.4, -0.2) is 16.8 Å². The first-order valence-corrected chi connectivity index (χ1v) is 7.31. The SMILES string of the molecule is O=C(NCc1ccc(F)cc1)C(=O)Nc1cccc2cccnc12. The highest BCUT2D eigenvalue weighted by molar-refractivity contribution is 6.40. The maximum atomic E-state index is 12.8. The molecular weight excluding hydrogens is 309 g/mol. The lowest BCUT2D eigenvalue weighted by molar-refractivity contribution is -0.136. The molecule has 2 aromatic carbocycles. The molecule has 0 saturated heterocycles. The Bertz CT molecular complexity index is 889. The molecule has 2 amide bonds. The molecule has 3 rings (SSSR count). The minimum atomic E-state index is -0.782. The van der Waals surface area contributed by atoms with Gasteiger partial charge in [0, 0.05) is 18.1 Å². The summed E-state index contributed by atoms with van der Waals surface area (Å²) in [7, 11) is 0. The molecule has 0 aliphatic heterocycles. The second-order valence-electron chi connectivity index (χ2n) is 5.14. The van der Waals surface area contributed by atoms with Crippen molar-refractivity contribution < 1.29 is 14.0 Å². The summed E-state index contributed by atoms with van der Waals surface area (Å²) in [5.41, 5.74) is 1.78. The summed E-state index contributed by atoms with van der Waals surface area (Å²) in [6.07, 6.45) is 1.62. The third kappa shape index (κ3) is 3.55. The molecule has 0 atom stereocenters. The molecular formula is C18H14FN3O2. The average molecular weight is 323 g/mol. The number of hydrogen-bond donors (Lipinski definition) is 2. The van der Waals surface area contributed by atoms with Gasteiger partial charge in [-0.15, -0.1) is 0 Å². The molecule has 6 heteroatoms. The molecule has 0 spiro atoms. The lowest BCUT2D eigenvalue weighted by Crippen LogP contribution is -2.35. The van der Waals surface area contributed by atoms with Gasteiger partial charge in [-0.05, 0) is 29.8 Å². The Morgan fingerprint density at radius 3 is 2.50 bits per heavy atom. The van der Waals surface area contributed by atoms with E-state index in [-0.39, 0.29) is 12.4 Å². The summed E-state index contributed by atoms with van der Waals surface area (Å²) in [5.74, 6) is -1.91. The minimum absolute atomic E-state index is 0.139. The van der Waals surface area contributed by atoms with Gasteiger partial charge in [0.1, 0.15) is 5.82 Å². The normalized spacial score (nSPS) is 10.4. The highest BCUT2D eigenvalue weighted by atomic mass is 19.1. The quantitative estimate of drug-likeness (QED) is 0.728. The van der Waals surface area contributed by atoms with Crippen molar-refractivity contribution in [1.29, 1.82) is 0 Å². The van der Waals surface area contributed by atoms with E-state index in [4.69, 9.17) is 0 Å².